The molecule has 0 atom stereocenters. The molecule has 1 aliphatic rings. The molecule has 0 aliphatic carbocycles. The molecule has 0 N–H and O–H groups in total. The van der Waals surface area contributed by atoms with E-state index in [2.05, 4.69) is 4.98 Å². The molecule has 0 radical (unpaired) electrons. The summed E-state index contributed by atoms with van der Waals surface area (Å²) in [5.41, 5.74) is -0.186. The average Bonchev–Trinajstić information content (AvgIpc) is 3.02. The smallest absolute Gasteiger partial charge is 0.266 e. The van der Waals surface area contributed by atoms with E-state index in [0.717, 1.165) is 6.42 Å². The molecule has 6 nitrogen and oxygen atoms in total. The van der Waals surface area contributed by atoms with Crippen molar-refractivity contribution in [1.82, 2.24) is 14.6 Å². The Balaban J connectivity index is 1.88. The van der Waals surface area contributed by atoms with E-state index < -0.39 is 0 Å². The van der Waals surface area contributed by atoms with Gasteiger partial charge in [-0.15, -0.1) is 11.3 Å². The van der Waals surface area contributed by atoms with Crippen molar-refractivity contribution in [1.29, 1.82) is 0 Å². The summed E-state index contributed by atoms with van der Waals surface area (Å²) in [4.78, 5) is 33.9. The number of hydrogen-bond acceptors (Lipinski definition) is 5. The van der Waals surface area contributed by atoms with Gasteiger partial charge in [-0.25, -0.2) is 10.0 Å². The Labute approximate surface area is 106 Å². The van der Waals surface area contributed by atoms with Crippen LogP contribution in [0.5, 0.6) is 0 Å². The van der Waals surface area contributed by atoms with Gasteiger partial charge in [0.05, 0.1) is 24.9 Å². The Hall–Kier alpha value is -1.73. The molecule has 94 valence electrons. The van der Waals surface area contributed by atoms with Crippen LogP contribution >= 0.6 is 11.3 Å². The molecule has 2 aromatic heterocycles. The molecule has 0 bridgehead atoms. The van der Waals surface area contributed by atoms with Crippen molar-refractivity contribution in [2.75, 3.05) is 13.2 Å². The second kappa shape index (κ2) is 4.51. The van der Waals surface area contributed by atoms with Crippen LogP contribution in [0.15, 0.2) is 22.6 Å². The SMILES string of the molecule is O=C(Cn1cnc2sccc2c1=O)N1CCCO1. The number of hydrogen-bond donors (Lipinski definition) is 0. The Morgan fingerprint density at radius 2 is 2.44 bits per heavy atom. The minimum Gasteiger partial charge on any atom is -0.289 e. The van der Waals surface area contributed by atoms with Gasteiger partial charge < -0.3 is 0 Å². The van der Waals surface area contributed by atoms with Gasteiger partial charge in [-0.05, 0) is 17.9 Å². The van der Waals surface area contributed by atoms with Crippen LogP contribution in [0.4, 0.5) is 0 Å². The molecule has 1 aliphatic heterocycles. The maximum absolute atomic E-state index is 12.1. The van der Waals surface area contributed by atoms with Crippen LogP contribution in [0.2, 0.25) is 0 Å². The van der Waals surface area contributed by atoms with Gasteiger partial charge in [0.25, 0.3) is 11.5 Å². The molecule has 0 spiro atoms. The van der Waals surface area contributed by atoms with Crippen LogP contribution in [0, 0.1) is 0 Å². The molecule has 3 rings (SSSR count). The number of aromatic nitrogens is 2. The first-order valence-electron chi connectivity index (χ1n) is 5.61. The van der Waals surface area contributed by atoms with E-state index in [-0.39, 0.29) is 18.0 Å². The lowest BCUT2D eigenvalue weighted by Crippen LogP contribution is -2.33. The zero-order valence-corrected chi connectivity index (χ0v) is 10.4. The Morgan fingerprint density at radius 1 is 1.56 bits per heavy atom. The fourth-order valence-electron chi connectivity index (χ4n) is 1.87. The molecule has 2 aromatic rings. The first kappa shape index (κ1) is 11.4. The lowest BCUT2D eigenvalue weighted by atomic mass is 10.4. The second-order valence-electron chi connectivity index (χ2n) is 4.00. The summed E-state index contributed by atoms with van der Waals surface area (Å²) in [7, 11) is 0. The average molecular weight is 265 g/mol. The van der Waals surface area contributed by atoms with Crippen molar-refractivity contribution < 1.29 is 9.63 Å². The summed E-state index contributed by atoms with van der Waals surface area (Å²) in [6.45, 7) is 1.11. The molecular weight excluding hydrogens is 254 g/mol. The highest BCUT2D eigenvalue weighted by Gasteiger charge is 2.20. The summed E-state index contributed by atoms with van der Waals surface area (Å²) in [5.74, 6) is -0.217. The molecule has 0 aromatic carbocycles. The number of carbonyl (C=O) groups excluding carboxylic acids is 1. The summed E-state index contributed by atoms with van der Waals surface area (Å²) in [5, 5.41) is 3.68. The third-order valence-electron chi connectivity index (χ3n) is 2.79. The highest BCUT2D eigenvalue weighted by Crippen LogP contribution is 2.13. The van der Waals surface area contributed by atoms with Crippen molar-refractivity contribution in [3.63, 3.8) is 0 Å². The van der Waals surface area contributed by atoms with Crippen LogP contribution in [0.1, 0.15) is 6.42 Å². The number of amides is 1. The van der Waals surface area contributed by atoms with E-state index in [1.807, 2.05) is 5.38 Å². The maximum Gasteiger partial charge on any atom is 0.266 e. The van der Waals surface area contributed by atoms with Gasteiger partial charge in [-0.1, -0.05) is 0 Å². The Bertz CT molecular complexity index is 642. The van der Waals surface area contributed by atoms with Crippen molar-refractivity contribution in [3.05, 3.63) is 28.1 Å². The summed E-state index contributed by atoms with van der Waals surface area (Å²) in [6, 6.07) is 1.72. The summed E-state index contributed by atoms with van der Waals surface area (Å²) in [6.07, 6.45) is 2.25. The molecule has 1 amide bonds. The number of hydroxylamine groups is 2. The molecule has 18 heavy (non-hydrogen) atoms. The standard InChI is InChI=1S/C11H11N3O3S/c15-9(14-3-1-4-17-14)6-13-7-12-10-8(11(13)16)2-5-18-10/h2,5,7H,1,3-4,6H2. The molecule has 0 saturated carbocycles. The van der Waals surface area contributed by atoms with Crippen LogP contribution < -0.4 is 5.56 Å². The fourth-order valence-corrected chi connectivity index (χ4v) is 2.60. The van der Waals surface area contributed by atoms with Crippen molar-refractivity contribution in [3.8, 4) is 0 Å². The van der Waals surface area contributed by atoms with Gasteiger partial charge in [-0.3, -0.25) is 19.0 Å². The normalized spacial score (nSPS) is 15.4. The lowest BCUT2D eigenvalue weighted by molar-refractivity contribution is -0.169. The predicted octanol–water partition coefficient (Wildman–Crippen LogP) is 0.622. The van der Waals surface area contributed by atoms with E-state index in [1.165, 1.54) is 27.3 Å². The van der Waals surface area contributed by atoms with Gasteiger partial charge in [0.15, 0.2) is 0 Å². The molecule has 0 unspecified atom stereocenters. The topological polar surface area (TPSA) is 64.4 Å². The van der Waals surface area contributed by atoms with E-state index in [1.54, 1.807) is 6.07 Å². The highest BCUT2D eigenvalue weighted by molar-refractivity contribution is 7.16. The lowest BCUT2D eigenvalue weighted by Gasteiger charge is -2.14. The summed E-state index contributed by atoms with van der Waals surface area (Å²) >= 11 is 1.41. The van der Waals surface area contributed by atoms with Crippen LogP contribution in [-0.2, 0) is 16.2 Å². The van der Waals surface area contributed by atoms with Gasteiger partial charge in [-0.2, -0.15) is 0 Å². The van der Waals surface area contributed by atoms with E-state index in [4.69, 9.17) is 4.84 Å². The molecular formula is C11H11N3O3S. The maximum atomic E-state index is 12.1. The van der Waals surface area contributed by atoms with Crippen LogP contribution in [-0.4, -0.2) is 33.7 Å². The van der Waals surface area contributed by atoms with Gasteiger partial charge in [0.2, 0.25) is 0 Å². The molecule has 1 fully saturated rings. The Kier molecular flexibility index (Phi) is 2.85. The van der Waals surface area contributed by atoms with Crippen molar-refractivity contribution in [2.24, 2.45) is 0 Å². The largest absolute Gasteiger partial charge is 0.289 e. The van der Waals surface area contributed by atoms with Gasteiger partial charge in [0.1, 0.15) is 11.4 Å². The van der Waals surface area contributed by atoms with Gasteiger partial charge >= 0.3 is 0 Å². The van der Waals surface area contributed by atoms with Crippen molar-refractivity contribution in [2.45, 2.75) is 13.0 Å². The number of rotatable bonds is 2. The second-order valence-corrected chi connectivity index (χ2v) is 4.89. The number of carbonyl (C=O) groups is 1. The van der Waals surface area contributed by atoms with Crippen LogP contribution in [0.3, 0.4) is 0 Å². The molecule has 3 heterocycles. The third kappa shape index (κ3) is 1.91. The Morgan fingerprint density at radius 3 is 3.22 bits per heavy atom. The minimum absolute atomic E-state index is 0.0301. The van der Waals surface area contributed by atoms with E-state index in [9.17, 15) is 9.59 Å². The minimum atomic E-state index is -0.217. The van der Waals surface area contributed by atoms with Gasteiger partial charge in [0, 0.05) is 0 Å². The first-order chi connectivity index (χ1) is 8.75. The monoisotopic (exact) mass is 265 g/mol. The molecule has 1 saturated heterocycles. The van der Waals surface area contributed by atoms with E-state index in [0.29, 0.717) is 23.4 Å². The first-order valence-corrected chi connectivity index (χ1v) is 6.49. The zero-order valence-electron chi connectivity index (χ0n) is 9.54. The third-order valence-corrected chi connectivity index (χ3v) is 3.61. The quantitative estimate of drug-likeness (QED) is 0.798. The number of thiophene rings is 1. The van der Waals surface area contributed by atoms with Crippen LogP contribution in [0.25, 0.3) is 10.2 Å². The zero-order chi connectivity index (χ0) is 12.5. The fraction of sp³-hybridized carbons (Fsp3) is 0.364. The number of nitrogens with zero attached hydrogens (tertiary/aromatic N) is 3. The predicted molar refractivity (Wildman–Crippen MR) is 66.2 cm³/mol. The highest BCUT2D eigenvalue weighted by atomic mass is 32.1. The summed E-state index contributed by atoms with van der Waals surface area (Å²) < 4.78 is 1.32. The molecule has 7 heteroatoms. The number of fused-ring (bicyclic) bond motifs is 1. The van der Waals surface area contributed by atoms with E-state index >= 15 is 0 Å². The van der Waals surface area contributed by atoms with Crippen molar-refractivity contribution >= 4 is 27.5 Å².